The van der Waals surface area contributed by atoms with Gasteiger partial charge in [0.25, 0.3) is 0 Å². The molecule has 0 saturated heterocycles. The molecule has 0 amide bonds. The van der Waals surface area contributed by atoms with Crippen molar-refractivity contribution in [3.63, 3.8) is 0 Å². The van der Waals surface area contributed by atoms with Crippen LogP contribution in [0.2, 0.25) is 0 Å². The zero-order chi connectivity index (χ0) is 15.6. The normalized spacial score (nSPS) is 12.3. The first-order valence-corrected chi connectivity index (χ1v) is 7.38. The van der Waals surface area contributed by atoms with Crippen molar-refractivity contribution in [3.8, 4) is 5.75 Å². The molecule has 0 aliphatic rings. The van der Waals surface area contributed by atoms with Crippen LogP contribution in [0.4, 0.5) is 0 Å². The quantitative estimate of drug-likeness (QED) is 0.906. The fourth-order valence-corrected chi connectivity index (χ4v) is 3.04. The average Bonchev–Trinajstić information content (AvgIpc) is 2.49. The summed E-state index contributed by atoms with van der Waals surface area (Å²) in [6.07, 6.45) is 0. The first-order valence-electron chi connectivity index (χ1n) is 7.38. The van der Waals surface area contributed by atoms with Gasteiger partial charge in [0.1, 0.15) is 5.75 Å². The molecular weight excluding hydrogens is 258 g/mol. The first kappa shape index (κ1) is 15.6. The van der Waals surface area contributed by atoms with Crippen molar-refractivity contribution in [2.75, 3.05) is 14.2 Å². The first-order chi connectivity index (χ1) is 10.0. The van der Waals surface area contributed by atoms with Gasteiger partial charge >= 0.3 is 0 Å². The summed E-state index contributed by atoms with van der Waals surface area (Å²) in [6, 6.07) is 10.6. The lowest BCUT2D eigenvalue weighted by atomic mass is 9.86. The summed E-state index contributed by atoms with van der Waals surface area (Å²) in [5.41, 5.74) is 7.91. The monoisotopic (exact) mass is 283 g/mol. The Labute approximate surface area is 128 Å². The van der Waals surface area contributed by atoms with Crippen LogP contribution < -0.4 is 10.1 Å². The fourth-order valence-electron chi connectivity index (χ4n) is 3.04. The second-order valence-electron chi connectivity index (χ2n) is 5.64. The number of hydrogen-bond donors (Lipinski definition) is 1. The van der Waals surface area contributed by atoms with E-state index in [2.05, 4.69) is 51.2 Å². The van der Waals surface area contributed by atoms with Gasteiger partial charge < -0.3 is 10.1 Å². The van der Waals surface area contributed by atoms with E-state index in [4.69, 9.17) is 4.74 Å². The molecule has 0 heterocycles. The number of para-hydroxylation sites is 1. The van der Waals surface area contributed by atoms with Crippen LogP contribution in [0.25, 0.3) is 0 Å². The van der Waals surface area contributed by atoms with Crippen LogP contribution in [0.1, 0.15) is 39.4 Å². The van der Waals surface area contributed by atoms with Gasteiger partial charge in [0.2, 0.25) is 0 Å². The Morgan fingerprint density at radius 3 is 2.05 bits per heavy atom. The van der Waals surface area contributed by atoms with Crippen LogP contribution in [0.15, 0.2) is 30.3 Å². The van der Waals surface area contributed by atoms with E-state index in [9.17, 15) is 0 Å². The van der Waals surface area contributed by atoms with Crippen molar-refractivity contribution < 1.29 is 4.74 Å². The van der Waals surface area contributed by atoms with E-state index in [1.807, 2.05) is 19.2 Å². The average molecular weight is 283 g/mol. The number of ether oxygens (including phenoxy) is 1. The predicted octanol–water partition coefficient (Wildman–Crippen LogP) is 4.24. The maximum Gasteiger partial charge on any atom is 0.123 e. The van der Waals surface area contributed by atoms with Crippen LogP contribution in [0.3, 0.4) is 0 Å². The van der Waals surface area contributed by atoms with Crippen LogP contribution in [-0.4, -0.2) is 14.2 Å². The van der Waals surface area contributed by atoms with Gasteiger partial charge in [0, 0.05) is 5.56 Å². The maximum atomic E-state index is 5.55. The summed E-state index contributed by atoms with van der Waals surface area (Å²) in [6.45, 7) is 8.77. The molecule has 1 atom stereocenters. The molecule has 112 valence electrons. The molecule has 1 unspecified atom stereocenters. The number of nitrogens with one attached hydrogen (secondary N) is 1. The molecule has 2 heteroatoms. The van der Waals surface area contributed by atoms with E-state index in [0.29, 0.717) is 0 Å². The minimum Gasteiger partial charge on any atom is -0.496 e. The van der Waals surface area contributed by atoms with Gasteiger partial charge in [-0.05, 0) is 68.6 Å². The van der Waals surface area contributed by atoms with E-state index in [0.717, 1.165) is 5.75 Å². The third-order valence-electron chi connectivity index (χ3n) is 4.45. The lowest BCUT2D eigenvalue weighted by Crippen LogP contribution is -2.21. The summed E-state index contributed by atoms with van der Waals surface area (Å²) in [4.78, 5) is 0. The zero-order valence-corrected chi connectivity index (χ0v) is 13.9. The van der Waals surface area contributed by atoms with E-state index in [1.165, 1.54) is 33.4 Å². The lowest BCUT2D eigenvalue weighted by Gasteiger charge is -2.25. The van der Waals surface area contributed by atoms with Crippen LogP contribution in [0, 0.1) is 27.7 Å². The SMILES string of the molecule is CNC(c1ccccc1OC)c1c(C)c(C)cc(C)c1C. The van der Waals surface area contributed by atoms with Gasteiger partial charge in [-0.15, -0.1) is 0 Å². The molecule has 2 aromatic rings. The highest BCUT2D eigenvalue weighted by Gasteiger charge is 2.21. The van der Waals surface area contributed by atoms with Crippen molar-refractivity contribution in [1.82, 2.24) is 5.32 Å². The Kier molecular flexibility index (Phi) is 4.69. The van der Waals surface area contributed by atoms with Crippen LogP contribution in [-0.2, 0) is 0 Å². The fraction of sp³-hybridized carbons (Fsp3) is 0.368. The molecule has 0 aliphatic heterocycles. The molecule has 2 nitrogen and oxygen atoms in total. The summed E-state index contributed by atoms with van der Waals surface area (Å²) in [5.74, 6) is 0.926. The molecule has 2 rings (SSSR count). The molecule has 1 N–H and O–H groups in total. The van der Waals surface area contributed by atoms with Crippen molar-refractivity contribution in [1.29, 1.82) is 0 Å². The Morgan fingerprint density at radius 1 is 0.952 bits per heavy atom. The number of methoxy groups -OCH3 is 1. The molecule has 0 aliphatic carbocycles. The highest BCUT2D eigenvalue weighted by molar-refractivity contribution is 5.51. The van der Waals surface area contributed by atoms with E-state index in [-0.39, 0.29) is 6.04 Å². The van der Waals surface area contributed by atoms with Crippen LogP contribution in [0.5, 0.6) is 5.75 Å². The Hall–Kier alpha value is -1.80. The second kappa shape index (κ2) is 6.31. The van der Waals surface area contributed by atoms with Crippen LogP contribution >= 0.6 is 0 Å². The number of aryl methyl sites for hydroxylation is 2. The summed E-state index contributed by atoms with van der Waals surface area (Å²) < 4.78 is 5.55. The van der Waals surface area contributed by atoms with Crippen molar-refractivity contribution in [2.45, 2.75) is 33.7 Å². The largest absolute Gasteiger partial charge is 0.496 e. The Bertz CT molecular complexity index is 620. The Morgan fingerprint density at radius 2 is 1.52 bits per heavy atom. The highest BCUT2D eigenvalue weighted by Crippen LogP contribution is 2.35. The standard InChI is InChI=1S/C19H25NO/c1-12-11-13(2)15(4)18(14(12)3)19(20-5)16-9-7-8-10-17(16)21-6/h7-11,19-20H,1-6H3. The lowest BCUT2D eigenvalue weighted by molar-refractivity contribution is 0.405. The van der Waals surface area contributed by atoms with E-state index < -0.39 is 0 Å². The summed E-state index contributed by atoms with van der Waals surface area (Å²) in [5, 5.41) is 3.47. The smallest absolute Gasteiger partial charge is 0.123 e. The zero-order valence-electron chi connectivity index (χ0n) is 13.9. The van der Waals surface area contributed by atoms with Gasteiger partial charge in [-0.2, -0.15) is 0 Å². The van der Waals surface area contributed by atoms with E-state index in [1.54, 1.807) is 7.11 Å². The van der Waals surface area contributed by atoms with Crippen molar-refractivity contribution >= 4 is 0 Å². The molecule has 0 fully saturated rings. The van der Waals surface area contributed by atoms with Crippen molar-refractivity contribution in [2.24, 2.45) is 0 Å². The van der Waals surface area contributed by atoms with Gasteiger partial charge in [-0.1, -0.05) is 24.3 Å². The number of rotatable bonds is 4. The molecule has 2 aromatic carbocycles. The highest BCUT2D eigenvalue weighted by atomic mass is 16.5. The van der Waals surface area contributed by atoms with Gasteiger partial charge in [-0.25, -0.2) is 0 Å². The number of hydrogen-bond acceptors (Lipinski definition) is 2. The molecular formula is C19H25NO. The second-order valence-corrected chi connectivity index (χ2v) is 5.64. The van der Waals surface area contributed by atoms with Gasteiger partial charge in [0.15, 0.2) is 0 Å². The topological polar surface area (TPSA) is 21.3 Å². The third-order valence-corrected chi connectivity index (χ3v) is 4.45. The molecule has 0 bridgehead atoms. The Balaban J connectivity index is 2.68. The molecule has 21 heavy (non-hydrogen) atoms. The van der Waals surface area contributed by atoms with Gasteiger partial charge in [0.05, 0.1) is 13.2 Å². The molecule has 0 aromatic heterocycles. The van der Waals surface area contributed by atoms with Gasteiger partial charge in [-0.3, -0.25) is 0 Å². The molecule has 0 radical (unpaired) electrons. The summed E-state index contributed by atoms with van der Waals surface area (Å²) >= 11 is 0. The molecule has 0 saturated carbocycles. The predicted molar refractivity (Wildman–Crippen MR) is 89.3 cm³/mol. The molecule has 0 spiro atoms. The summed E-state index contributed by atoms with van der Waals surface area (Å²) in [7, 11) is 3.74. The maximum absolute atomic E-state index is 5.55. The third kappa shape index (κ3) is 2.81. The number of benzene rings is 2. The van der Waals surface area contributed by atoms with E-state index >= 15 is 0 Å². The van der Waals surface area contributed by atoms with Crippen molar-refractivity contribution in [3.05, 3.63) is 63.7 Å². The minimum atomic E-state index is 0.139. The minimum absolute atomic E-state index is 0.139.